The quantitative estimate of drug-likeness (QED) is 0.656. The third kappa shape index (κ3) is 4.22. The highest BCUT2D eigenvalue weighted by molar-refractivity contribution is 6.33. The third-order valence-electron chi connectivity index (χ3n) is 6.08. The van der Waals surface area contributed by atoms with Crippen molar-refractivity contribution in [3.8, 4) is 11.4 Å². The second-order valence-electron chi connectivity index (χ2n) is 8.11. The van der Waals surface area contributed by atoms with Gasteiger partial charge in [0.05, 0.1) is 11.1 Å². The Morgan fingerprint density at radius 3 is 2.74 bits per heavy atom. The summed E-state index contributed by atoms with van der Waals surface area (Å²) in [7, 11) is 0. The highest BCUT2D eigenvalue weighted by Crippen LogP contribution is 2.27. The van der Waals surface area contributed by atoms with Gasteiger partial charge in [0.25, 0.3) is 0 Å². The fourth-order valence-electron chi connectivity index (χ4n) is 4.29. The Morgan fingerprint density at radius 1 is 1.13 bits per heavy atom. The van der Waals surface area contributed by atoms with E-state index in [2.05, 4.69) is 20.4 Å². The van der Waals surface area contributed by atoms with Crippen molar-refractivity contribution in [3.05, 3.63) is 41.4 Å². The first-order chi connectivity index (χ1) is 15.2. The number of aromatic nitrogens is 4. The molecule has 0 spiro atoms. The number of carbonyl (C=O) groups excluding carboxylic acids is 1. The molecule has 0 aliphatic carbocycles. The van der Waals surface area contributed by atoms with Gasteiger partial charge in [-0.05, 0) is 49.9 Å². The second-order valence-corrected chi connectivity index (χ2v) is 8.51. The molecule has 2 fully saturated rings. The van der Waals surface area contributed by atoms with Gasteiger partial charge in [0.15, 0.2) is 11.5 Å². The number of fused-ring (bicyclic) bond motifs is 1. The summed E-state index contributed by atoms with van der Waals surface area (Å²) in [6.45, 7) is 2.98. The molecule has 9 heteroatoms. The van der Waals surface area contributed by atoms with Crippen LogP contribution in [0.1, 0.15) is 25.7 Å². The van der Waals surface area contributed by atoms with Crippen LogP contribution in [-0.4, -0.2) is 58.1 Å². The van der Waals surface area contributed by atoms with Gasteiger partial charge in [-0.15, -0.1) is 15.3 Å². The molecule has 1 N–H and O–H groups in total. The van der Waals surface area contributed by atoms with E-state index < -0.39 is 0 Å². The zero-order valence-corrected chi connectivity index (χ0v) is 18.0. The molecular weight excluding hydrogens is 416 g/mol. The lowest BCUT2D eigenvalue weighted by molar-refractivity contribution is -0.126. The summed E-state index contributed by atoms with van der Waals surface area (Å²) in [5.74, 6) is 1.64. The molecule has 1 aromatic carbocycles. The number of ether oxygens (including phenoxy) is 1. The number of benzene rings is 1. The molecule has 162 valence electrons. The number of rotatable bonds is 5. The molecule has 2 aromatic heterocycles. The molecule has 2 aliphatic heterocycles. The number of nitrogens with one attached hydrogen (secondary N) is 1. The predicted molar refractivity (Wildman–Crippen MR) is 118 cm³/mol. The molecule has 31 heavy (non-hydrogen) atoms. The van der Waals surface area contributed by atoms with Gasteiger partial charge in [-0.1, -0.05) is 23.7 Å². The minimum Gasteiger partial charge on any atom is -0.376 e. The van der Waals surface area contributed by atoms with Crippen molar-refractivity contribution in [2.45, 2.75) is 31.8 Å². The van der Waals surface area contributed by atoms with Crippen LogP contribution >= 0.6 is 11.6 Å². The molecular formula is C22H25ClN6O2. The lowest BCUT2D eigenvalue weighted by Gasteiger charge is -2.32. The fourth-order valence-corrected chi connectivity index (χ4v) is 4.51. The van der Waals surface area contributed by atoms with Crippen molar-refractivity contribution in [1.29, 1.82) is 0 Å². The van der Waals surface area contributed by atoms with Gasteiger partial charge in [-0.25, -0.2) is 0 Å². The van der Waals surface area contributed by atoms with E-state index in [1.807, 2.05) is 36.4 Å². The number of anilines is 1. The van der Waals surface area contributed by atoms with Crippen LogP contribution in [0.4, 0.5) is 5.82 Å². The Hall–Kier alpha value is -2.71. The Balaban J connectivity index is 1.26. The number of carbonyl (C=O) groups is 1. The molecule has 1 atom stereocenters. The van der Waals surface area contributed by atoms with Crippen LogP contribution in [0.25, 0.3) is 17.0 Å². The Bertz CT molecular complexity index is 1070. The van der Waals surface area contributed by atoms with E-state index in [9.17, 15) is 4.79 Å². The van der Waals surface area contributed by atoms with Crippen molar-refractivity contribution >= 4 is 29.0 Å². The minimum absolute atomic E-state index is 0.0370. The summed E-state index contributed by atoms with van der Waals surface area (Å²) in [5.41, 5.74) is 1.46. The molecule has 2 saturated heterocycles. The van der Waals surface area contributed by atoms with Gasteiger partial charge in [-0.3, -0.25) is 4.79 Å². The standard InChI is InChI=1S/C22H25ClN6O2/c23-18-6-2-1-5-17(18)21-26-25-19-7-8-20(27-29(19)21)28-11-9-15(10-12-28)22(30)24-14-16-4-3-13-31-16/h1-2,5-8,15-16H,3-4,9-14H2,(H,24,30). The van der Waals surface area contributed by atoms with Crippen LogP contribution in [0.2, 0.25) is 5.02 Å². The van der Waals surface area contributed by atoms with E-state index >= 15 is 0 Å². The number of nitrogens with zero attached hydrogens (tertiary/aromatic N) is 5. The van der Waals surface area contributed by atoms with Crippen LogP contribution in [-0.2, 0) is 9.53 Å². The van der Waals surface area contributed by atoms with Gasteiger partial charge in [0.1, 0.15) is 5.82 Å². The van der Waals surface area contributed by atoms with E-state index in [-0.39, 0.29) is 17.9 Å². The summed E-state index contributed by atoms with van der Waals surface area (Å²) >= 11 is 6.35. The molecule has 5 rings (SSSR count). The lowest BCUT2D eigenvalue weighted by atomic mass is 9.96. The molecule has 0 saturated carbocycles. The van der Waals surface area contributed by atoms with Crippen LogP contribution in [0, 0.1) is 5.92 Å². The molecule has 4 heterocycles. The zero-order chi connectivity index (χ0) is 21.2. The molecule has 3 aromatic rings. The smallest absolute Gasteiger partial charge is 0.223 e. The minimum atomic E-state index is 0.0370. The number of hydrogen-bond donors (Lipinski definition) is 1. The Labute approximate surface area is 185 Å². The van der Waals surface area contributed by atoms with Gasteiger partial charge in [0, 0.05) is 37.7 Å². The topological polar surface area (TPSA) is 84.6 Å². The van der Waals surface area contributed by atoms with E-state index in [0.717, 1.165) is 56.8 Å². The molecule has 2 aliphatic rings. The second kappa shape index (κ2) is 8.80. The predicted octanol–water partition coefficient (Wildman–Crippen LogP) is 2.96. The van der Waals surface area contributed by atoms with Crippen molar-refractivity contribution < 1.29 is 9.53 Å². The number of amides is 1. The van der Waals surface area contributed by atoms with E-state index in [0.29, 0.717) is 23.0 Å². The molecule has 1 unspecified atom stereocenters. The van der Waals surface area contributed by atoms with Crippen LogP contribution in [0.15, 0.2) is 36.4 Å². The Kier molecular flexibility index (Phi) is 5.74. The van der Waals surface area contributed by atoms with Crippen molar-refractivity contribution in [2.24, 2.45) is 5.92 Å². The number of hydrogen-bond acceptors (Lipinski definition) is 6. The van der Waals surface area contributed by atoms with Crippen molar-refractivity contribution in [1.82, 2.24) is 25.1 Å². The van der Waals surface area contributed by atoms with Gasteiger partial charge < -0.3 is 15.0 Å². The van der Waals surface area contributed by atoms with Crippen molar-refractivity contribution in [3.63, 3.8) is 0 Å². The van der Waals surface area contributed by atoms with Gasteiger partial charge in [0.2, 0.25) is 5.91 Å². The van der Waals surface area contributed by atoms with Crippen molar-refractivity contribution in [2.75, 3.05) is 31.1 Å². The maximum Gasteiger partial charge on any atom is 0.223 e. The van der Waals surface area contributed by atoms with E-state index in [1.54, 1.807) is 4.52 Å². The largest absolute Gasteiger partial charge is 0.376 e. The normalized spacial score (nSPS) is 19.8. The van der Waals surface area contributed by atoms with Gasteiger partial charge in [-0.2, -0.15) is 4.52 Å². The maximum absolute atomic E-state index is 12.5. The van der Waals surface area contributed by atoms with Crippen LogP contribution < -0.4 is 10.2 Å². The van der Waals surface area contributed by atoms with Gasteiger partial charge >= 0.3 is 0 Å². The van der Waals surface area contributed by atoms with E-state index in [1.165, 1.54) is 0 Å². The first-order valence-electron chi connectivity index (χ1n) is 10.8. The monoisotopic (exact) mass is 440 g/mol. The lowest BCUT2D eigenvalue weighted by Crippen LogP contribution is -2.42. The zero-order valence-electron chi connectivity index (χ0n) is 17.2. The average Bonchev–Trinajstić information content (AvgIpc) is 3.47. The van der Waals surface area contributed by atoms with Crippen LogP contribution in [0.3, 0.4) is 0 Å². The summed E-state index contributed by atoms with van der Waals surface area (Å²) in [4.78, 5) is 14.7. The number of piperidine rings is 1. The summed E-state index contributed by atoms with van der Waals surface area (Å²) in [5, 5.41) is 17.0. The van der Waals surface area contributed by atoms with Crippen LogP contribution in [0.5, 0.6) is 0 Å². The maximum atomic E-state index is 12.5. The first kappa shape index (κ1) is 20.2. The average molecular weight is 441 g/mol. The molecule has 1 amide bonds. The fraction of sp³-hybridized carbons (Fsp3) is 0.455. The van der Waals surface area contributed by atoms with E-state index in [4.69, 9.17) is 21.4 Å². The summed E-state index contributed by atoms with van der Waals surface area (Å²) in [6, 6.07) is 11.4. The molecule has 8 nitrogen and oxygen atoms in total. The SMILES string of the molecule is O=C(NCC1CCCO1)C1CCN(c2ccc3nnc(-c4ccccc4Cl)n3n2)CC1. The number of halogens is 1. The first-order valence-corrected chi connectivity index (χ1v) is 11.2. The highest BCUT2D eigenvalue weighted by Gasteiger charge is 2.27. The third-order valence-corrected chi connectivity index (χ3v) is 6.41. The summed E-state index contributed by atoms with van der Waals surface area (Å²) < 4.78 is 7.32. The Morgan fingerprint density at radius 2 is 1.97 bits per heavy atom. The highest BCUT2D eigenvalue weighted by atomic mass is 35.5. The molecule has 0 bridgehead atoms. The molecule has 0 radical (unpaired) electrons. The summed E-state index contributed by atoms with van der Waals surface area (Å²) in [6.07, 6.45) is 3.90.